The van der Waals surface area contributed by atoms with Gasteiger partial charge in [-0.15, -0.1) is 0 Å². The number of carbonyl (C=O) groups excluding carboxylic acids is 1. The van der Waals surface area contributed by atoms with Crippen LogP contribution in [0.2, 0.25) is 0 Å². The Bertz CT molecular complexity index is 896. The third kappa shape index (κ3) is 6.18. The van der Waals surface area contributed by atoms with Gasteiger partial charge in [-0.1, -0.05) is 12.1 Å². The molecule has 2 heterocycles. The van der Waals surface area contributed by atoms with Crippen molar-refractivity contribution in [2.75, 3.05) is 50.6 Å². The van der Waals surface area contributed by atoms with Crippen molar-refractivity contribution in [1.82, 2.24) is 20.2 Å². The summed E-state index contributed by atoms with van der Waals surface area (Å²) in [6, 6.07) is 9.21. The van der Waals surface area contributed by atoms with Crippen LogP contribution in [0.1, 0.15) is 24.9 Å². The number of nitrogens with one attached hydrogen (secondary N) is 1. The molecule has 1 aliphatic heterocycles. The third-order valence-electron chi connectivity index (χ3n) is 5.28. The molecule has 1 fully saturated rings. The molecule has 1 N–H and O–H groups in total. The maximum Gasteiger partial charge on any atom is 0.317 e. The number of hydrogen-bond donors (Lipinski definition) is 1. The summed E-state index contributed by atoms with van der Waals surface area (Å²) in [4.78, 5) is 25.3. The minimum absolute atomic E-state index is 0.0103. The first-order valence-corrected chi connectivity index (χ1v) is 10.5. The number of benzene rings is 1. The Labute approximate surface area is 187 Å². The molecule has 32 heavy (non-hydrogen) atoms. The molecule has 2 aromatic rings. The van der Waals surface area contributed by atoms with Gasteiger partial charge in [0.25, 0.3) is 6.43 Å². The van der Waals surface area contributed by atoms with E-state index in [2.05, 4.69) is 20.2 Å². The molecule has 1 aromatic heterocycles. The molecule has 0 spiro atoms. The second kappa shape index (κ2) is 10.4. The van der Waals surface area contributed by atoms with E-state index in [1.165, 1.54) is 9.80 Å². The molecule has 8 nitrogen and oxygen atoms in total. The van der Waals surface area contributed by atoms with Crippen LogP contribution >= 0.6 is 0 Å². The fraction of sp³-hybridized carbons (Fsp3) is 0.500. The highest BCUT2D eigenvalue weighted by atomic mass is 19.3. The lowest BCUT2D eigenvalue weighted by atomic mass is 10.1. The number of hydrogen-bond acceptors (Lipinski definition) is 6. The maximum atomic E-state index is 12.6. The minimum Gasteiger partial charge on any atom is -0.489 e. The number of ether oxygens (including phenoxy) is 1. The molecule has 1 aromatic carbocycles. The molecule has 0 saturated carbocycles. The molecule has 1 aliphatic rings. The van der Waals surface area contributed by atoms with Crippen molar-refractivity contribution >= 4 is 17.8 Å². The highest BCUT2D eigenvalue weighted by molar-refractivity contribution is 5.74. The predicted molar refractivity (Wildman–Crippen MR) is 120 cm³/mol. The van der Waals surface area contributed by atoms with Crippen LogP contribution in [-0.2, 0) is 0 Å². The van der Waals surface area contributed by atoms with Gasteiger partial charge in [0.2, 0.25) is 5.95 Å². The van der Waals surface area contributed by atoms with Crippen LogP contribution in [0.25, 0.3) is 0 Å². The van der Waals surface area contributed by atoms with Gasteiger partial charge in [-0.3, -0.25) is 0 Å². The molecular formula is C22H30F2N6O2. The lowest BCUT2D eigenvalue weighted by Crippen LogP contribution is -2.36. The van der Waals surface area contributed by atoms with Crippen LogP contribution in [0.4, 0.5) is 25.3 Å². The van der Waals surface area contributed by atoms with E-state index in [0.29, 0.717) is 12.4 Å². The number of nitrogens with zero attached hydrogens (tertiary/aromatic N) is 5. The Morgan fingerprint density at radius 3 is 2.62 bits per heavy atom. The van der Waals surface area contributed by atoms with Gasteiger partial charge in [-0.25, -0.2) is 18.6 Å². The predicted octanol–water partition coefficient (Wildman–Crippen LogP) is 3.17. The number of anilines is 2. The van der Waals surface area contributed by atoms with Gasteiger partial charge in [-0.05, 0) is 30.7 Å². The van der Waals surface area contributed by atoms with Crippen molar-refractivity contribution < 1.29 is 18.3 Å². The zero-order valence-electron chi connectivity index (χ0n) is 18.8. The number of urea groups is 1. The lowest BCUT2D eigenvalue weighted by Gasteiger charge is -2.21. The van der Waals surface area contributed by atoms with Crippen molar-refractivity contribution in [3.05, 3.63) is 42.1 Å². The van der Waals surface area contributed by atoms with Gasteiger partial charge >= 0.3 is 6.03 Å². The largest absolute Gasteiger partial charge is 0.489 e. The van der Waals surface area contributed by atoms with Gasteiger partial charge in [0.1, 0.15) is 17.7 Å². The van der Waals surface area contributed by atoms with Crippen molar-refractivity contribution in [2.24, 2.45) is 0 Å². The summed E-state index contributed by atoms with van der Waals surface area (Å²) in [6.45, 7) is 2.92. The second-order valence-electron chi connectivity index (χ2n) is 8.10. The summed E-state index contributed by atoms with van der Waals surface area (Å²) in [5.41, 5.74) is 0.988. The van der Waals surface area contributed by atoms with Crippen molar-refractivity contribution in [1.29, 1.82) is 0 Å². The Balaban J connectivity index is 1.56. The normalized spacial score (nSPS) is 16.7. The first kappa shape index (κ1) is 23.5. The quantitative estimate of drug-likeness (QED) is 0.669. The van der Waals surface area contributed by atoms with Crippen LogP contribution in [-0.4, -0.2) is 74.2 Å². The van der Waals surface area contributed by atoms with Gasteiger partial charge in [0, 0.05) is 40.3 Å². The summed E-state index contributed by atoms with van der Waals surface area (Å²) in [6.07, 6.45) is -0.0501. The van der Waals surface area contributed by atoms with E-state index >= 15 is 0 Å². The Kier molecular flexibility index (Phi) is 7.66. The molecule has 0 radical (unpaired) electrons. The van der Waals surface area contributed by atoms with Crippen molar-refractivity contribution in [3.63, 3.8) is 0 Å². The fourth-order valence-electron chi connectivity index (χ4n) is 3.45. The standard InChI is InChI=1S/C22H30F2N6O2/c1-15(26-22(31)28(2)3)16-5-7-17(8-6-16)32-18-10-12-30(13-18)20-9-11-25-21(27-20)29(4)14-19(23)24/h5-9,11,15,18-19H,10,12-14H2,1-4H3,(H,26,31)/t15-,18+/m0/s1. The molecule has 3 rings (SSSR count). The van der Waals surface area contributed by atoms with Crippen LogP contribution in [0.15, 0.2) is 36.5 Å². The Hall–Kier alpha value is -3.17. The zero-order valence-corrected chi connectivity index (χ0v) is 18.8. The van der Waals surface area contributed by atoms with Crippen LogP contribution in [0.3, 0.4) is 0 Å². The number of amides is 2. The number of aromatic nitrogens is 2. The van der Waals surface area contributed by atoms with E-state index in [0.717, 1.165) is 24.3 Å². The molecule has 0 bridgehead atoms. The highest BCUT2D eigenvalue weighted by Gasteiger charge is 2.26. The maximum absolute atomic E-state index is 12.6. The van der Waals surface area contributed by atoms with Crippen molar-refractivity contribution in [2.45, 2.75) is 31.9 Å². The van der Waals surface area contributed by atoms with Gasteiger partial charge in [0.15, 0.2) is 0 Å². The third-order valence-corrected chi connectivity index (χ3v) is 5.28. The molecule has 0 unspecified atom stereocenters. The summed E-state index contributed by atoms with van der Waals surface area (Å²) < 4.78 is 31.4. The van der Waals surface area contributed by atoms with Crippen molar-refractivity contribution in [3.8, 4) is 5.75 Å². The van der Waals surface area contributed by atoms with Gasteiger partial charge in [0.05, 0.1) is 19.1 Å². The number of rotatable bonds is 8. The highest BCUT2D eigenvalue weighted by Crippen LogP contribution is 2.24. The van der Waals surface area contributed by atoms with E-state index < -0.39 is 13.0 Å². The molecule has 2 atom stereocenters. The number of halogens is 2. The summed E-state index contributed by atoms with van der Waals surface area (Å²) >= 11 is 0. The number of carbonyl (C=O) groups is 1. The van der Waals surface area contributed by atoms with Crippen LogP contribution < -0.4 is 19.9 Å². The zero-order chi connectivity index (χ0) is 23.3. The smallest absolute Gasteiger partial charge is 0.317 e. The van der Waals surface area contributed by atoms with Crippen LogP contribution in [0, 0.1) is 0 Å². The average molecular weight is 449 g/mol. The second-order valence-corrected chi connectivity index (χ2v) is 8.10. The minimum atomic E-state index is -2.45. The molecule has 2 amide bonds. The van der Waals surface area contributed by atoms with E-state index in [1.807, 2.05) is 31.2 Å². The first-order valence-electron chi connectivity index (χ1n) is 10.5. The Morgan fingerprint density at radius 2 is 1.97 bits per heavy atom. The lowest BCUT2D eigenvalue weighted by molar-refractivity contribution is 0.156. The molecule has 174 valence electrons. The number of alkyl halides is 2. The molecule has 1 saturated heterocycles. The summed E-state index contributed by atoms with van der Waals surface area (Å²) in [5, 5.41) is 2.92. The average Bonchev–Trinajstić information content (AvgIpc) is 3.22. The van der Waals surface area contributed by atoms with Gasteiger partial charge < -0.3 is 24.8 Å². The summed E-state index contributed by atoms with van der Waals surface area (Å²) in [5.74, 6) is 1.73. The monoisotopic (exact) mass is 448 g/mol. The van der Waals surface area contributed by atoms with Gasteiger partial charge in [-0.2, -0.15) is 4.98 Å². The molecule has 10 heteroatoms. The van der Waals surface area contributed by atoms with E-state index in [1.54, 1.807) is 33.4 Å². The van der Waals surface area contributed by atoms with E-state index in [4.69, 9.17) is 4.74 Å². The first-order chi connectivity index (χ1) is 15.2. The SMILES string of the molecule is C[C@H](NC(=O)N(C)C)c1ccc(O[C@@H]2CCN(c3ccnc(N(C)CC(F)F)n3)C2)cc1. The van der Waals surface area contributed by atoms with E-state index in [-0.39, 0.29) is 24.1 Å². The fourth-order valence-corrected chi connectivity index (χ4v) is 3.45. The topological polar surface area (TPSA) is 73.8 Å². The Morgan fingerprint density at radius 1 is 1.25 bits per heavy atom. The molecule has 0 aliphatic carbocycles. The van der Waals surface area contributed by atoms with E-state index in [9.17, 15) is 13.6 Å². The molecular weight excluding hydrogens is 418 g/mol. The summed E-state index contributed by atoms with van der Waals surface area (Å²) in [7, 11) is 4.96. The van der Waals surface area contributed by atoms with Crippen LogP contribution in [0.5, 0.6) is 5.75 Å².